The first kappa shape index (κ1) is 17.1. The van der Waals surface area contributed by atoms with Crippen LogP contribution in [0.3, 0.4) is 0 Å². The number of benzene rings is 2. The molecule has 2 rings (SSSR count). The minimum atomic E-state index is 0.685. The van der Waals surface area contributed by atoms with Gasteiger partial charge in [0.15, 0.2) is 0 Å². The molecule has 0 aliphatic carbocycles. The summed E-state index contributed by atoms with van der Waals surface area (Å²) in [7, 11) is 0. The van der Waals surface area contributed by atoms with E-state index >= 15 is 0 Å². The summed E-state index contributed by atoms with van der Waals surface area (Å²) in [6.07, 6.45) is 12.6. The lowest BCUT2D eigenvalue weighted by atomic mass is 9.93. The Morgan fingerprint density at radius 1 is 0.727 bits per heavy atom. The first-order valence-corrected chi connectivity index (χ1v) is 9.30. The zero-order valence-electron chi connectivity index (χ0n) is 14.5. The van der Waals surface area contributed by atoms with Gasteiger partial charge in [0.05, 0.1) is 0 Å². The van der Waals surface area contributed by atoms with Crippen molar-refractivity contribution >= 4 is 10.8 Å². The summed E-state index contributed by atoms with van der Waals surface area (Å²) in [4.78, 5) is 0. The third kappa shape index (κ3) is 5.48. The van der Waals surface area contributed by atoms with Gasteiger partial charge in [0.2, 0.25) is 0 Å². The lowest BCUT2D eigenvalue weighted by molar-refractivity contribution is 0.543. The molecular weight excluding hydrogens is 264 g/mol. The van der Waals surface area contributed by atoms with E-state index in [1.165, 1.54) is 74.1 Å². The summed E-state index contributed by atoms with van der Waals surface area (Å²) < 4.78 is 0. The monoisotopic (exact) mass is 296 g/mol. The van der Waals surface area contributed by atoms with E-state index in [1.807, 2.05) is 0 Å². The van der Waals surface area contributed by atoms with Crippen LogP contribution in [0, 0.1) is 0 Å². The Kier molecular flexibility index (Phi) is 7.49. The Labute approximate surface area is 136 Å². The zero-order chi connectivity index (χ0) is 15.6. The molecule has 0 aromatic heterocycles. The summed E-state index contributed by atoms with van der Waals surface area (Å²) in [6, 6.07) is 15.6. The molecule has 0 N–H and O–H groups in total. The molecule has 1 atom stereocenters. The predicted molar refractivity (Wildman–Crippen MR) is 99.6 cm³/mol. The third-order valence-corrected chi connectivity index (χ3v) is 4.83. The molecule has 2 aromatic rings. The molecular formula is C22H32. The largest absolute Gasteiger partial charge is 0.0654 e. The van der Waals surface area contributed by atoms with E-state index < -0.39 is 0 Å². The normalized spacial score (nSPS) is 12.6. The molecule has 0 heterocycles. The summed E-state index contributed by atoms with van der Waals surface area (Å²) in [6.45, 7) is 4.67. The Morgan fingerprint density at radius 2 is 1.36 bits per heavy atom. The summed E-state index contributed by atoms with van der Waals surface area (Å²) in [5.74, 6) is 0.685. The predicted octanol–water partition coefficient (Wildman–Crippen LogP) is 7.47. The van der Waals surface area contributed by atoms with Gasteiger partial charge in [0, 0.05) is 0 Å². The van der Waals surface area contributed by atoms with Crippen LogP contribution in [0.4, 0.5) is 0 Å². The maximum absolute atomic E-state index is 2.38. The van der Waals surface area contributed by atoms with Crippen LogP contribution in [0.2, 0.25) is 0 Å². The van der Waals surface area contributed by atoms with Crippen LogP contribution in [0.5, 0.6) is 0 Å². The molecule has 1 unspecified atom stereocenters. The van der Waals surface area contributed by atoms with Crippen LogP contribution in [0.1, 0.15) is 83.1 Å². The van der Waals surface area contributed by atoms with Gasteiger partial charge in [-0.05, 0) is 28.7 Å². The van der Waals surface area contributed by atoms with E-state index in [0.717, 1.165) is 0 Å². The Hall–Kier alpha value is -1.30. The summed E-state index contributed by atoms with van der Waals surface area (Å²) in [5.41, 5.74) is 1.50. The lowest BCUT2D eigenvalue weighted by Crippen LogP contribution is -1.94. The number of hydrogen-bond donors (Lipinski definition) is 0. The second kappa shape index (κ2) is 9.66. The molecule has 0 saturated carbocycles. The highest BCUT2D eigenvalue weighted by Crippen LogP contribution is 2.25. The molecule has 0 aliphatic heterocycles. The molecule has 2 aromatic carbocycles. The molecule has 0 nitrogen and oxygen atoms in total. The van der Waals surface area contributed by atoms with Crippen LogP contribution in [-0.4, -0.2) is 0 Å². The lowest BCUT2D eigenvalue weighted by Gasteiger charge is -2.13. The van der Waals surface area contributed by atoms with Gasteiger partial charge in [-0.3, -0.25) is 0 Å². The van der Waals surface area contributed by atoms with E-state index in [9.17, 15) is 0 Å². The van der Waals surface area contributed by atoms with E-state index in [2.05, 4.69) is 56.3 Å². The average Bonchev–Trinajstić information content (AvgIpc) is 2.56. The molecule has 0 amide bonds. The smallest absolute Gasteiger partial charge is 0.0181 e. The van der Waals surface area contributed by atoms with Crippen molar-refractivity contribution in [2.45, 2.75) is 77.6 Å². The topological polar surface area (TPSA) is 0 Å². The molecule has 0 saturated heterocycles. The van der Waals surface area contributed by atoms with Gasteiger partial charge in [-0.2, -0.15) is 0 Å². The maximum atomic E-state index is 2.38. The highest BCUT2D eigenvalue weighted by Gasteiger charge is 2.06. The van der Waals surface area contributed by atoms with Gasteiger partial charge < -0.3 is 0 Å². The second-order valence-electron chi connectivity index (χ2n) is 6.77. The minimum absolute atomic E-state index is 0.685. The standard InChI is InChI=1S/C22H32/c1-3-4-5-6-7-8-9-10-13-19(2)21-17-16-20-14-11-12-15-22(20)18-21/h11-12,14-19H,3-10,13H2,1-2H3. The van der Waals surface area contributed by atoms with Gasteiger partial charge in [0.25, 0.3) is 0 Å². The van der Waals surface area contributed by atoms with Crippen molar-refractivity contribution in [1.82, 2.24) is 0 Å². The quantitative estimate of drug-likeness (QED) is 0.399. The molecule has 0 spiro atoms. The second-order valence-corrected chi connectivity index (χ2v) is 6.77. The van der Waals surface area contributed by atoms with Crippen molar-refractivity contribution in [3.05, 3.63) is 48.0 Å². The van der Waals surface area contributed by atoms with Crippen LogP contribution in [0.15, 0.2) is 42.5 Å². The number of rotatable bonds is 10. The zero-order valence-corrected chi connectivity index (χ0v) is 14.5. The van der Waals surface area contributed by atoms with E-state index in [-0.39, 0.29) is 0 Å². The average molecular weight is 296 g/mol. The van der Waals surface area contributed by atoms with Gasteiger partial charge in [0.1, 0.15) is 0 Å². The van der Waals surface area contributed by atoms with E-state index in [4.69, 9.17) is 0 Å². The van der Waals surface area contributed by atoms with Crippen LogP contribution in [-0.2, 0) is 0 Å². The minimum Gasteiger partial charge on any atom is -0.0654 e. The summed E-state index contributed by atoms with van der Waals surface area (Å²) >= 11 is 0. The first-order valence-electron chi connectivity index (χ1n) is 9.30. The molecule has 0 bridgehead atoms. The number of fused-ring (bicyclic) bond motifs is 1. The van der Waals surface area contributed by atoms with Gasteiger partial charge >= 0.3 is 0 Å². The number of unbranched alkanes of at least 4 members (excludes halogenated alkanes) is 7. The number of hydrogen-bond acceptors (Lipinski definition) is 0. The highest BCUT2D eigenvalue weighted by molar-refractivity contribution is 5.83. The fourth-order valence-electron chi connectivity index (χ4n) is 3.27. The molecule has 120 valence electrons. The van der Waals surface area contributed by atoms with Crippen LogP contribution >= 0.6 is 0 Å². The fraction of sp³-hybridized carbons (Fsp3) is 0.545. The van der Waals surface area contributed by atoms with Crippen LogP contribution in [0.25, 0.3) is 10.8 Å². The maximum Gasteiger partial charge on any atom is -0.0181 e. The molecule has 0 radical (unpaired) electrons. The van der Waals surface area contributed by atoms with Crippen molar-refractivity contribution in [2.24, 2.45) is 0 Å². The van der Waals surface area contributed by atoms with Crippen molar-refractivity contribution in [3.63, 3.8) is 0 Å². The Balaban J connectivity index is 1.69. The van der Waals surface area contributed by atoms with Crippen LogP contribution < -0.4 is 0 Å². The van der Waals surface area contributed by atoms with Crippen molar-refractivity contribution in [2.75, 3.05) is 0 Å². The van der Waals surface area contributed by atoms with E-state index in [0.29, 0.717) is 5.92 Å². The molecule has 0 fully saturated rings. The highest BCUT2D eigenvalue weighted by atomic mass is 14.1. The van der Waals surface area contributed by atoms with Crippen molar-refractivity contribution < 1.29 is 0 Å². The molecule has 22 heavy (non-hydrogen) atoms. The Morgan fingerprint density at radius 3 is 2.09 bits per heavy atom. The molecule has 0 aliphatic rings. The van der Waals surface area contributed by atoms with Gasteiger partial charge in [-0.15, -0.1) is 0 Å². The van der Waals surface area contributed by atoms with Crippen molar-refractivity contribution in [3.8, 4) is 0 Å². The SMILES string of the molecule is CCCCCCCCCCC(C)c1ccc2ccccc2c1. The summed E-state index contributed by atoms with van der Waals surface area (Å²) in [5, 5.41) is 2.73. The van der Waals surface area contributed by atoms with Gasteiger partial charge in [-0.1, -0.05) is 108 Å². The third-order valence-electron chi connectivity index (χ3n) is 4.83. The first-order chi connectivity index (χ1) is 10.8. The van der Waals surface area contributed by atoms with E-state index in [1.54, 1.807) is 0 Å². The molecule has 0 heteroatoms. The Bertz CT molecular complexity index is 540. The van der Waals surface area contributed by atoms with Gasteiger partial charge in [-0.25, -0.2) is 0 Å². The van der Waals surface area contributed by atoms with Crippen molar-refractivity contribution in [1.29, 1.82) is 0 Å². The fourth-order valence-corrected chi connectivity index (χ4v) is 3.27.